The lowest BCUT2D eigenvalue weighted by atomic mass is 9.74. The standard InChI is InChI=1S/C19H34N6.HI/c1-3-20-18(21-14-17-23-22-16-24(17)4-2)25-13-9-12-19(15-25)10-7-5-6-8-11-19;/h16H,3-15H2,1-2H3,(H,20,21);1H. The first-order valence-corrected chi connectivity index (χ1v) is 10.2. The van der Waals surface area contributed by atoms with Gasteiger partial charge in [0, 0.05) is 26.2 Å². The number of piperidine rings is 1. The van der Waals surface area contributed by atoms with Crippen LogP contribution in [0.1, 0.15) is 71.0 Å². The van der Waals surface area contributed by atoms with E-state index in [0.29, 0.717) is 12.0 Å². The third-order valence-corrected chi connectivity index (χ3v) is 5.87. The average Bonchev–Trinajstić information content (AvgIpc) is 2.98. The number of likely N-dealkylation sites (tertiary alicyclic amines) is 1. The first-order valence-electron chi connectivity index (χ1n) is 10.2. The summed E-state index contributed by atoms with van der Waals surface area (Å²) >= 11 is 0. The molecule has 3 rings (SSSR count). The van der Waals surface area contributed by atoms with Crippen molar-refractivity contribution < 1.29 is 0 Å². The van der Waals surface area contributed by atoms with Crippen LogP contribution in [0.15, 0.2) is 11.3 Å². The first kappa shape index (κ1) is 21.4. The molecule has 1 saturated carbocycles. The summed E-state index contributed by atoms with van der Waals surface area (Å²) in [6.07, 6.45) is 12.9. The van der Waals surface area contributed by atoms with E-state index in [0.717, 1.165) is 31.4 Å². The van der Waals surface area contributed by atoms with Crippen LogP contribution in [0.4, 0.5) is 0 Å². The molecule has 1 aromatic heterocycles. The van der Waals surface area contributed by atoms with Gasteiger partial charge in [0.1, 0.15) is 12.9 Å². The molecule has 1 aliphatic carbocycles. The van der Waals surface area contributed by atoms with Crippen molar-refractivity contribution in [2.24, 2.45) is 10.4 Å². The van der Waals surface area contributed by atoms with Gasteiger partial charge in [-0.05, 0) is 44.9 Å². The van der Waals surface area contributed by atoms with E-state index in [1.165, 1.54) is 57.9 Å². The predicted octanol–water partition coefficient (Wildman–Crippen LogP) is 3.82. The van der Waals surface area contributed by atoms with Crippen molar-refractivity contribution in [1.29, 1.82) is 0 Å². The van der Waals surface area contributed by atoms with Crippen molar-refractivity contribution in [3.8, 4) is 0 Å². The number of guanidine groups is 1. The number of hydrogen-bond donors (Lipinski definition) is 1. The average molecular weight is 474 g/mol. The zero-order chi connectivity index (χ0) is 17.5. The Morgan fingerprint density at radius 1 is 1.15 bits per heavy atom. The minimum atomic E-state index is 0. The molecule has 26 heavy (non-hydrogen) atoms. The van der Waals surface area contributed by atoms with E-state index in [1.54, 1.807) is 6.33 Å². The van der Waals surface area contributed by atoms with Crippen LogP contribution in [0, 0.1) is 5.41 Å². The summed E-state index contributed by atoms with van der Waals surface area (Å²) in [5.74, 6) is 2.00. The van der Waals surface area contributed by atoms with Crippen molar-refractivity contribution in [2.75, 3.05) is 19.6 Å². The van der Waals surface area contributed by atoms with Crippen LogP contribution in [-0.4, -0.2) is 45.3 Å². The molecule has 0 unspecified atom stereocenters. The molecule has 2 aliphatic rings. The van der Waals surface area contributed by atoms with Crippen LogP contribution >= 0.6 is 24.0 Å². The van der Waals surface area contributed by atoms with E-state index in [4.69, 9.17) is 4.99 Å². The lowest BCUT2D eigenvalue weighted by Gasteiger charge is -2.44. The summed E-state index contributed by atoms with van der Waals surface area (Å²) < 4.78 is 2.07. The molecule has 1 aliphatic heterocycles. The highest BCUT2D eigenvalue weighted by molar-refractivity contribution is 14.0. The van der Waals surface area contributed by atoms with Crippen molar-refractivity contribution in [2.45, 2.75) is 78.3 Å². The maximum absolute atomic E-state index is 4.90. The van der Waals surface area contributed by atoms with Crippen LogP contribution in [0.25, 0.3) is 0 Å². The van der Waals surface area contributed by atoms with Crippen molar-refractivity contribution in [3.63, 3.8) is 0 Å². The Hall–Kier alpha value is -0.860. The summed E-state index contributed by atoms with van der Waals surface area (Å²) in [5, 5.41) is 11.7. The van der Waals surface area contributed by atoms with E-state index >= 15 is 0 Å². The molecule has 0 atom stereocenters. The number of hydrogen-bond acceptors (Lipinski definition) is 3. The van der Waals surface area contributed by atoms with Gasteiger partial charge in [0.05, 0.1) is 0 Å². The molecule has 7 heteroatoms. The van der Waals surface area contributed by atoms with Gasteiger partial charge in [-0.1, -0.05) is 25.7 Å². The zero-order valence-electron chi connectivity index (χ0n) is 16.4. The highest BCUT2D eigenvalue weighted by Crippen LogP contribution is 2.42. The fourth-order valence-corrected chi connectivity index (χ4v) is 4.51. The number of aromatic nitrogens is 3. The Labute approximate surface area is 175 Å². The molecule has 148 valence electrons. The van der Waals surface area contributed by atoms with E-state index < -0.39 is 0 Å². The fourth-order valence-electron chi connectivity index (χ4n) is 4.51. The van der Waals surface area contributed by atoms with Gasteiger partial charge in [-0.2, -0.15) is 0 Å². The Balaban J connectivity index is 0.00000243. The Kier molecular flexibility index (Phi) is 8.63. The number of nitrogens with one attached hydrogen (secondary N) is 1. The van der Waals surface area contributed by atoms with Crippen LogP contribution in [-0.2, 0) is 13.1 Å². The number of nitrogens with zero attached hydrogens (tertiary/aromatic N) is 5. The lowest BCUT2D eigenvalue weighted by molar-refractivity contribution is 0.115. The van der Waals surface area contributed by atoms with Gasteiger partial charge < -0.3 is 14.8 Å². The molecule has 1 N–H and O–H groups in total. The van der Waals surface area contributed by atoms with Crippen molar-refractivity contribution in [3.05, 3.63) is 12.2 Å². The molecule has 0 bridgehead atoms. The second-order valence-electron chi connectivity index (χ2n) is 7.64. The summed E-state index contributed by atoms with van der Waals surface area (Å²) in [7, 11) is 0. The largest absolute Gasteiger partial charge is 0.357 e. The molecule has 2 heterocycles. The molecule has 0 radical (unpaired) electrons. The quantitative estimate of drug-likeness (QED) is 0.410. The second kappa shape index (κ2) is 10.5. The van der Waals surface area contributed by atoms with Gasteiger partial charge in [-0.3, -0.25) is 0 Å². The molecule has 1 spiro atoms. The van der Waals surface area contributed by atoms with Crippen LogP contribution < -0.4 is 5.32 Å². The summed E-state index contributed by atoms with van der Waals surface area (Å²) in [5.41, 5.74) is 0.522. The topological polar surface area (TPSA) is 58.3 Å². The maximum atomic E-state index is 4.90. The smallest absolute Gasteiger partial charge is 0.194 e. The molecule has 0 aromatic carbocycles. The van der Waals surface area contributed by atoms with E-state index in [-0.39, 0.29) is 24.0 Å². The van der Waals surface area contributed by atoms with Gasteiger partial charge in [0.15, 0.2) is 11.8 Å². The number of aryl methyl sites for hydroxylation is 1. The highest BCUT2D eigenvalue weighted by atomic mass is 127. The molecular weight excluding hydrogens is 439 g/mol. The predicted molar refractivity (Wildman–Crippen MR) is 117 cm³/mol. The van der Waals surface area contributed by atoms with Gasteiger partial charge in [-0.15, -0.1) is 34.2 Å². The molecule has 6 nitrogen and oxygen atoms in total. The monoisotopic (exact) mass is 474 g/mol. The van der Waals surface area contributed by atoms with E-state index in [1.807, 2.05) is 0 Å². The van der Waals surface area contributed by atoms with Gasteiger partial charge in [0.25, 0.3) is 0 Å². The van der Waals surface area contributed by atoms with Crippen molar-refractivity contribution >= 4 is 29.9 Å². The summed E-state index contributed by atoms with van der Waals surface area (Å²) in [4.78, 5) is 7.40. The van der Waals surface area contributed by atoms with E-state index in [9.17, 15) is 0 Å². The minimum Gasteiger partial charge on any atom is -0.357 e. The van der Waals surface area contributed by atoms with Crippen LogP contribution in [0.3, 0.4) is 0 Å². The van der Waals surface area contributed by atoms with Crippen LogP contribution in [0.5, 0.6) is 0 Å². The molecule has 1 saturated heterocycles. The highest BCUT2D eigenvalue weighted by Gasteiger charge is 2.36. The fraction of sp³-hybridized carbons (Fsp3) is 0.842. The molecular formula is C19H35IN6. The molecule has 1 aromatic rings. The Morgan fingerprint density at radius 2 is 1.88 bits per heavy atom. The normalized spacial score (nSPS) is 20.5. The second-order valence-corrected chi connectivity index (χ2v) is 7.64. The Morgan fingerprint density at radius 3 is 2.58 bits per heavy atom. The van der Waals surface area contributed by atoms with Crippen LogP contribution in [0.2, 0.25) is 0 Å². The lowest BCUT2D eigenvalue weighted by Crippen LogP contribution is -2.50. The molecule has 0 amide bonds. The van der Waals surface area contributed by atoms with Crippen molar-refractivity contribution in [1.82, 2.24) is 25.0 Å². The maximum Gasteiger partial charge on any atom is 0.194 e. The SMILES string of the molecule is CCNC(=NCc1nncn1CC)N1CCCC2(CCCCCC2)C1.I. The number of aliphatic imine (C=N–C) groups is 1. The zero-order valence-corrected chi connectivity index (χ0v) is 18.7. The summed E-state index contributed by atoms with van der Waals surface area (Å²) in [6.45, 7) is 8.94. The number of rotatable bonds is 4. The first-order chi connectivity index (χ1) is 12.3. The minimum absolute atomic E-state index is 0. The third-order valence-electron chi connectivity index (χ3n) is 5.87. The van der Waals surface area contributed by atoms with E-state index in [2.05, 4.69) is 38.8 Å². The van der Waals surface area contributed by atoms with Gasteiger partial charge in [0.2, 0.25) is 0 Å². The summed E-state index contributed by atoms with van der Waals surface area (Å²) in [6, 6.07) is 0. The van der Waals surface area contributed by atoms with Gasteiger partial charge in [-0.25, -0.2) is 4.99 Å². The number of halogens is 1. The Bertz CT molecular complexity index is 562. The molecule has 2 fully saturated rings. The van der Waals surface area contributed by atoms with Gasteiger partial charge >= 0.3 is 0 Å². The third kappa shape index (κ3) is 5.33.